The SMILES string of the molecule is CCN1CCC(N(C)C(=O)Cc2ccc(Br)cc2)CC1. The third kappa shape index (κ3) is 4.06. The Bertz CT molecular complexity index is 438. The van der Waals surface area contributed by atoms with Gasteiger partial charge in [-0.15, -0.1) is 0 Å². The number of hydrogen-bond acceptors (Lipinski definition) is 2. The van der Waals surface area contributed by atoms with Crippen molar-refractivity contribution in [3.63, 3.8) is 0 Å². The summed E-state index contributed by atoms with van der Waals surface area (Å²) in [5.41, 5.74) is 1.08. The van der Waals surface area contributed by atoms with Gasteiger partial charge in [-0.2, -0.15) is 0 Å². The van der Waals surface area contributed by atoms with E-state index in [0.29, 0.717) is 12.5 Å². The summed E-state index contributed by atoms with van der Waals surface area (Å²) in [6, 6.07) is 8.40. The predicted molar refractivity (Wildman–Crippen MR) is 85.8 cm³/mol. The number of benzene rings is 1. The normalized spacial score (nSPS) is 17.1. The zero-order valence-electron chi connectivity index (χ0n) is 12.3. The molecule has 0 spiro atoms. The smallest absolute Gasteiger partial charge is 0.226 e. The minimum atomic E-state index is 0.224. The van der Waals surface area contributed by atoms with Crippen molar-refractivity contribution in [2.24, 2.45) is 0 Å². The van der Waals surface area contributed by atoms with Gasteiger partial charge < -0.3 is 9.80 Å². The highest BCUT2D eigenvalue weighted by Gasteiger charge is 2.24. The average molecular weight is 339 g/mol. The molecule has 0 atom stereocenters. The van der Waals surface area contributed by atoms with E-state index < -0.39 is 0 Å². The zero-order chi connectivity index (χ0) is 14.5. The molecule has 1 heterocycles. The number of piperidine rings is 1. The molecular weight excluding hydrogens is 316 g/mol. The summed E-state index contributed by atoms with van der Waals surface area (Å²) in [5, 5.41) is 0. The van der Waals surface area contributed by atoms with Gasteiger partial charge in [-0.05, 0) is 37.1 Å². The van der Waals surface area contributed by atoms with Crippen LogP contribution in [0.25, 0.3) is 0 Å². The van der Waals surface area contributed by atoms with Crippen LogP contribution in [0.4, 0.5) is 0 Å². The average Bonchev–Trinajstić information content (AvgIpc) is 2.49. The lowest BCUT2D eigenvalue weighted by Gasteiger charge is -2.36. The highest BCUT2D eigenvalue weighted by Crippen LogP contribution is 2.17. The maximum atomic E-state index is 12.3. The minimum Gasteiger partial charge on any atom is -0.342 e. The maximum absolute atomic E-state index is 12.3. The van der Waals surface area contributed by atoms with Crippen molar-refractivity contribution in [2.45, 2.75) is 32.2 Å². The topological polar surface area (TPSA) is 23.6 Å². The van der Waals surface area contributed by atoms with Crippen LogP contribution in [0.3, 0.4) is 0 Å². The number of likely N-dealkylation sites (tertiary alicyclic amines) is 1. The maximum Gasteiger partial charge on any atom is 0.226 e. The lowest BCUT2D eigenvalue weighted by atomic mass is 10.0. The molecule has 1 fully saturated rings. The van der Waals surface area contributed by atoms with Crippen molar-refractivity contribution < 1.29 is 4.79 Å². The number of nitrogens with zero attached hydrogens (tertiary/aromatic N) is 2. The molecule has 1 saturated heterocycles. The van der Waals surface area contributed by atoms with E-state index in [4.69, 9.17) is 0 Å². The van der Waals surface area contributed by atoms with Gasteiger partial charge in [0, 0.05) is 30.7 Å². The molecule has 20 heavy (non-hydrogen) atoms. The molecule has 3 nitrogen and oxygen atoms in total. The van der Waals surface area contributed by atoms with Gasteiger partial charge in [-0.3, -0.25) is 4.79 Å². The summed E-state index contributed by atoms with van der Waals surface area (Å²) >= 11 is 3.42. The van der Waals surface area contributed by atoms with Gasteiger partial charge in [-0.25, -0.2) is 0 Å². The second kappa shape index (κ2) is 7.23. The first-order chi connectivity index (χ1) is 9.60. The van der Waals surface area contributed by atoms with Gasteiger partial charge in [0.1, 0.15) is 0 Å². The number of halogens is 1. The van der Waals surface area contributed by atoms with E-state index in [2.05, 4.69) is 27.8 Å². The minimum absolute atomic E-state index is 0.224. The molecule has 1 aromatic rings. The lowest BCUT2D eigenvalue weighted by Crippen LogP contribution is -2.45. The van der Waals surface area contributed by atoms with Crippen LogP contribution in [0, 0.1) is 0 Å². The fourth-order valence-corrected chi connectivity index (χ4v) is 2.99. The van der Waals surface area contributed by atoms with Crippen molar-refractivity contribution >= 4 is 21.8 Å². The largest absolute Gasteiger partial charge is 0.342 e. The van der Waals surface area contributed by atoms with E-state index >= 15 is 0 Å². The number of carbonyl (C=O) groups is 1. The van der Waals surface area contributed by atoms with Crippen molar-refractivity contribution in [1.29, 1.82) is 0 Å². The van der Waals surface area contributed by atoms with Crippen LogP contribution in [0.1, 0.15) is 25.3 Å². The van der Waals surface area contributed by atoms with Crippen LogP contribution < -0.4 is 0 Å². The van der Waals surface area contributed by atoms with Gasteiger partial charge in [0.2, 0.25) is 5.91 Å². The molecule has 0 aliphatic carbocycles. The van der Waals surface area contributed by atoms with Gasteiger partial charge in [0.25, 0.3) is 0 Å². The van der Waals surface area contributed by atoms with Gasteiger partial charge in [0.15, 0.2) is 0 Å². The molecule has 0 radical (unpaired) electrons. The number of carbonyl (C=O) groups excluding carboxylic acids is 1. The van der Waals surface area contributed by atoms with E-state index in [1.165, 1.54) is 0 Å². The van der Waals surface area contributed by atoms with Crippen molar-refractivity contribution in [3.05, 3.63) is 34.3 Å². The van der Waals surface area contributed by atoms with E-state index in [0.717, 1.165) is 42.5 Å². The molecule has 110 valence electrons. The molecule has 1 aromatic carbocycles. The van der Waals surface area contributed by atoms with E-state index in [-0.39, 0.29) is 5.91 Å². The number of hydrogen-bond donors (Lipinski definition) is 0. The Balaban J connectivity index is 1.87. The van der Waals surface area contributed by atoms with Gasteiger partial charge in [0.05, 0.1) is 6.42 Å². The quantitative estimate of drug-likeness (QED) is 0.842. The van der Waals surface area contributed by atoms with Crippen LogP contribution in [-0.4, -0.2) is 48.4 Å². The van der Waals surface area contributed by atoms with Crippen molar-refractivity contribution in [2.75, 3.05) is 26.7 Å². The monoisotopic (exact) mass is 338 g/mol. The molecule has 2 rings (SSSR count). The van der Waals surface area contributed by atoms with Crippen molar-refractivity contribution in [3.8, 4) is 0 Å². The Morgan fingerprint density at radius 3 is 2.45 bits per heavy atom. The second-order valence-corrected chi connectivity index (χ2v) is 6.39. The van der Waals surface area contributed by atoms with Crippen LogP contribution in [0.2, 0.25) is 0 Å². The molecule has 0 aromatic heterocycles. The number of likely N-dealkylation sites (N-methyl/N-ethyl adjacent to an activating group) is 1. The Morgan fingerprint density at radius 2 is 1.90 bits per heavy atom. The van der Waals surface area contributed by atoms with Crippen molar-refractivity contribution in [1.82, 2.24) is 9.80 Å². The standard InChI is InChI=1S/C16H23BrN2O/c1-3-19-10-8-15(9-11-19)18(2)16(20)12-13-4-6-14(17)7-5-13/h4-7,15H,3,8-12H2,1-2H3. The molecule has 0 N–H and O–H groups in total. The highest BCUT2D eigenvalue weighted by molar-refractivity contribution is 9.10. The number of amides is 1. The molecule has 0 saturated carbocycles. The first-order valence-electron chi connectivity index (χ1n) is 7.32. The molecular formula is C16H23BrN2O. The highest BCUT2D eigenvalue weighted by atomic mass is 79.9. The summed E-state index contributed by atoms with van der Waals surface area (Å²) in [7, 11) is 1.95. The second-order valence-electron chi connectivity index (χ2n) is 5.47. The van der Waals surface area contributed by atoms with Crippen LogP contribution in [-0.2, 0) is 11.2 Å². The van der Waals surface area contributed by atoms with Crippen LogP contribution >= 0.6 is 15.9 Å². The number of rotatable bonds is 4. The Labute approximate surface area is 130 Å². The van der Waals surface area contributed by atoms with E-state index in [9.17, 15) is 4.79 Å². The summed E-state index contributed by atoms with van der Waals surface area (Å²) in [6.07, 6.45) is 2.69. The molecule has 0 unspecified atom stereocenters. The summed E-state index contributed by atoms with van der Waals surface area (Å²) < 4.78 is 1.05. The fraction of sp³-hybridized carbons (Fsp3) is 0.562. The summed E-state index contributed by atoms with van der Waals surface area (Å²) in [4.78, 5) is 16.7. The molecule has 4 heteroatoms. The Kier molecular flexibility index (Phi) is 5.61. The third-order valence-corrected chi connectivity index (χ3v) is 4.74. The molecule has 1 aliphatic heterocycles. The zero-order valence-corrected chi connectivity index (χ0v) is 13.9. The summed E-state index contributed by atoms with van der Waals surface area (Å²) in [5.74, 6) is 0.224. The van der Waals surface area contributed by atoms with Crippen LogP contribution in [0.5, 0.6) is 0 Å². The summed E-state index contributed by atoms with van der Waals surface area (Å²) in [6.45, 7) is 5.53. The Morgan fingerprint density at radius 1 is 1.30 bits per heavy atom. The lowest BCUT2D eigenvalue weighted by molar-refractivity contribution is -0.132. The van der Waals surface area contributed by atoms with Gasteiger partial charge in [-0.1, -0.05) is 35.0 Å². The fourth-order valence-electron chi connectivity index (χ4n) is 2.73. The predicted octanol–water partition coefficient (Wildman–Crippen LogP) is 2.93. The first-order valence-corrected chi connectivity index (χ1v) is 8.12. The third-order valence-electron chi connectivity index (χ3n) is 4.21. The van der Waals surface area contributed by atoms with Crippen LogP contribution in [0.15, 0.2) is 28.7 Å². The molecule has 1 aliphatic rings. The van der Waals surface area contributed by atoms with Gasteiger partial charge >= 0.3 is 0 Å². The molecule has 1 amide bonds. The van der Waals surface area contributed by atoms with E-state index in [1.54, 1.807) is 0 Å². The molecule has 0 bridgehead atoms. The van der Waals surface area contributed by atoms with E-state index in [1.807, 2.05) is 36.2 Å². The Hall–Kier alpha value is -0.870. The first kappa shape index (κ1) is 15.5.